The smallest absolute Gasteiger partial charge is 0.419 e. The predicted octanol–water partition coefficient (Wildman–Crippen LogP) is 8.88. The highest BCUT2D eigenvalue weighted by atomic mass is 32.1. The summed E-state index contributed by atoms with van der Waals surface area (Å²) in [7, 11) is 0. The number of carbonyl (C=O) groups is 1. The summed E-state index contributed by atoms with van der Waals surface area (Å²) >= 11 is 1.78. The molecule has 0 saturated heterocycles. The lowest BCUT2D eigenvalue weighted by Crippen LogP contribution is -2.28. The molecule has 0 spiro atoms. The van der Waals surface area contributed by atoms with Gasteiger partial charge in [-0.3, -0.25) is 0 Å². The average molecular weight is 598 g/mol. The molecule has 5 aromatic rings. The number of carbonyl (C=O) groups excluding carboxylic acids is 1. The molecular formula is C36H43N3O3S. The second-order valence-electron chi connectivity index (χ2n) is 11.9. The number of likely N-dealkylation sites (N-methyl/N-ethyl adjacent to an activating group) is 1. The van der Waals surface area contributed by atoms with Gasteiger partial charge in [-0.15, -0.1) is 11.3 Å². The van der Waals surface area contributed by atoms with Crippen LogP contribution in [0.5, 0.6) is 5.75 Å². The van der Waals surface area contributed by atoms with Crippen molar-refractivity contribution in [3.8, 4) is 5.75 Å². The first-order chi connectivity index (χ1) is 20.7. The van der Waals surface area contributed by atoms with E-state index in [-0.39, 0.29) is 0 Å². The maximum atomic E-state index is 13.4. The fourth-order valence-electron chi connectivity index (χ4n) is 5.52. The van der Waals surface area contributed by atoms with E-state index in [4.69, 9.17) is 9.47 Å². The predicted molar refractivity (Wildman–Crippen MR) is 180 cm³/mol. The number of rotatable bonds is 11. The Labute approximate surface area is 259 Å². The number of hydrogen-bond acceptors (Lipinski definition) is 6. The van der Waals surface area contributed by atoms with Gasteiger partial charge in [-0.25, -0.2) is 9.36 Å². The normalized spacial score (nSPS) is 11.9. The van der Waals surface area contributed by atoms with Gasteiger partial charge >= 0.3 is 6.09 Å². The molecule has 0 aliphatic carbocycles. The molecule has 0 amide bonds. The van der Waals surface area contributed by atoms with E-state index < -0.39 is 11.7 Å². The summed E-state index contributed by atoms with van der Waals surface area (Å²) in [6.07, 6.45) is -0.396. The molecule has 0 radical (unpaired) electrons. The number of anilines is 1. The van der Waals surface area contributed by atoms with E-state index in [2.05, 4.69) is 95.8 Å². The van der Waals surface area contributed by atoms with E-state index in [1.54, 1.807) is 15.9 Å². The SMILES string of the molecule is CCN(CC)CCOc1c(C)n(C(=O)OC(C)(C)C)c2ccc(N(Cc3ccccc3)Cc3csc4ccccc34)cc12. The Kier molecular flexibility index (Phi) is 9.43. The molecule has 0 aliphatic heterocycles. The average Bonchev–Trinajstić information content (AvgIpc) is 3.52. The number of hydrogen-bond donors (Lipinski definition) is 0. The van der Waals surface area contributed by atoms with E-state index in [1.807, 2.05) is 33.8 Å². The van der Waals surface area contributed by atoms with Gasteiger partial charge in [-0.05, 0) is 86.9 Å². The van der Waals surface area contributed by atoms with Crippen molar-refractivity contribution in [3.05, 3.63) is 95.0 Å². The molecule has 43 heavy (non-hydrogen) atoms. The summed E-state index contributed by atoms with van der Waals surface area (Å²) < 4.78 is 15.2. The molecule has 7 heteroatoms. The molecule has 3 aromatic carbocycles. The van der Waals surface area contributed by atoms with Gasteiger partial charge in [0.05, 0.1) is 11.2 Å². The first-order valence-electron chi connectivity index (χ1n) is 15.2. The molecular weight excluding hydrogens is 554 g/mol. The molecule has 0 fully saturated rings. The van der Waals surface area contributed by atoms with Crippen molar-refractivity contribution in [2.24, 2.45) is 0 Å². The van der Waals surface area contributed by atoms with Crippen LogP contribution in [0.3, 0.4) is 0 Å². The van der Waals surface area contributed by atoms with Crippen molar-refractivity contribution >= 4 is 44.1 Å². The van der Waals surface area contributed by atoms with E-state index in [0.717, 1.165) is 60.8 Å². The number of fused-ring (bicyclic) bond motifs is 2. The molecule has 0 aliphatic rings. The minimum atomic E-state index is -0.611. The fraction of sp³-hybridized carbons (Fsp3) is 0.361. The molecule has 0 bridgehead atoms. The van der Waals surface area contributed by atoms with Crippen LogP contribution < -0.4 is 9.64 Å². The standard InChI is InChI=1S/C36H43N3O3S/c1-7-37(8-2)20-21-41-34-26(3)39(35(40)42-36(4,5)6)32-19-18-29(22-31(32)34)38(23-27-14-10-9-11-15-27)24-28-25-43-33-17-13-12-16-30(28)33/h9-19,22,25H,7-8,20-21,23-24H2,1-6H3. The first-order valence-corrected chi connectivity index (χ1v) is 16.0. The largest absolute Gasteiger partial charge is 0.490 e. The molecule has 2 heterocycles. The summed E-state index contributed by atoms with van der Waals surface area (Å²) in [5, 5.41) is 4.47. The van der Waals surface area contributed by atoms with Crippen LogP contribution in [-0.4, -0.2) is 47.4 Å². The third-order valence-electron chi connectivity index (χ3n) is 7.76. The van der Waals surface area contributed by atoms with Gasteiger partial charge in [-0.1, -0.05) is 62.4 Å². The Morgan fingerprint density at radius 3 is 2.35 bits per heavy atom. The molecule has 2 aromatic heterocycles. The zero-order valence-corrected chi connectivity index (χ0v) is 27.0. The lowest BCUT2D eigenvalue weighted by molar-refractivity contribution is 0.0540. The highest BCUT2D eigenvalue weighted by Gasteiger charge is 2.26. The maximum Gasteiger partial charge on any atom is 0.419 e. The Hall–Kier alpha value is -3.81. The van der Waals surface area contributed by atoms with Crippen molar-refractivity contribution in [2.45, 2.75) is 60.2 Å². The van der Waals surface area contributed by atoms with Gasteiger partial charge in [0.15, 0.2) is 0 Å². The van der Waals surface area contributed by atoms with E-state index in [1.165, 1.54) is 21.2 Å². The third kappa shape index (κ3) is 7.06. The Balaban J connectivity index is 1.58. The highest BCUT2D eigenvalue weighted by Crippen LogP contribution is 2.37. The van der Waals surface area contributed by atoms with Crippen molar-refractivity contribution < 1.29 is 14.3 Å². The second-order valence-corrected chi connectivity index (χ2v) is 12.8. The Bertz CT molecular complexity index is 1680. The van der Waals surface area contributed by atoms with Crippen LogP contribution in [0.1, 0.15) is 51.4 Å². The number of thiophene rings is 1. The van der Waals surface area contributed by atoms with Crippen LogP contribution in [0, 0.1) is 6.92 Å². The van der Waals surface area contributed by atoms with Crippen molar-refractivity contribution in [2.75, 3.05) is 31.1 Å². The number of ether oxygens (including phenoxy) is 2. The quantitative estimate of drug-likeness (QED) is 0.152. The van der Waals surface area contributed by atoms with Crippen LogP contribution in [0.2, 0.25) is 0 Å². The van der Waals surface area contributed by atoms with Crippen LogP contribution in [0.15, 0.2) is 78.2 Å². The zero-order chi connectivity index (χ0) is 30.6. The van der Waals surface area contributed by atoms with Gasteiger partial charge < -0.3 is 19.3 Å². The van der Waals surface area contributed by atoms with Gasteiger partial charge in [0.25, 0.3) is 0 Å². The molecule has 0 saturated carbocycles. The van der Waals surface area contributed by atoms with Crippen LogP contribution >= 0.6 is 11.3 Å². The molecule has 226 valence electrons. The summed E-state index contributed by atoms with van der Waals surface area (Å²) in [6, 6.07) is 25.5. The van der Waals surface area contributed by atoms with Crippen molar-refractivity contribution in [1.29, 1.82) is 0 Å². The minimum absolute atomic E-state index is 0.396. The summed E-state index contributed by atoms with van der Waals surface area (Å²) in [5.74, 6) is 0.732. The zero-order valence-electron chi connectivity index (χ0n) is 26.2. The van der Waals surface area contributed by atoms with Gasteiger partial charge in [0.2, 0.25) is 0 Å². The molecule has 0 atom stereocenters. The maximum absolute atomic E-state index is 13.4. The van der Waals surface area contributed by atoms with E-state index in [9.17, 15) is 4.79 Å². The van der Waals surface area contributed by atoms with Gasteiger partial charge in [0.1, 0.15) is 18.0 Å². The van der Waals surface area contributed by atoms with Gasteiger partial charge in [0, 0.05) is 35.4 Å². The lowest BCUT2D eigenvalue weighted by atomic mass is 10.1. The summed E-state index contributed by atoms with van der Waals surface area (Å²) in [5.41, 5.74) is 4.53. The fourth-order valence-corrected chi connectivity index (χ4v) is 6.47. The molecule has 0 N–H and O–H groups in total. The number of benzene rings is 3. The molecule has 5 rings (SSSR count). The monoisotopic (exact) mass is 597 g/mol. The van der Waals surface area contributed by atoms with Gasteiger partial charge in [-0.2, -0.15) is 0 Å². The number of aromatic nitrogens is 1. The second kappa shape index (κ2) is 13.2. The topological polar surface area (TPSA) is 46.9 Å². The van der Waals surface area contributed by atoms with Crippen LogP contribution in [-0.2, 0) is 17.8 Å². The summed E-state index contributed by atoms with van der Waals surface area (Å²) in [4.78, 5) is 18.2. The first kappa shape index (κ1) is 30.6. The Morgan fingerprint density at radius 1 is 0.907 bits per heavy atom. The lowest BCUT2D eigenvalue weighted by Gasteiger charge is -2.25. The van der Waals surface area contributed by atoms with Crippen LogP contribution in [0.4, 0.5) is 10.5 Å². The third-order valence-corrected chi connectivity index (χ3v) is 8.77. The highest BCUT2D eigenvalue weighted by molar-refractivity contribution is 7.17. The Morgan fingerprint density at radius 2 is 1.63 bits per heavy atom. The van der Waals surface area contributed by atoms with Crippen LogP contribution in [0.25, 0.3) is 21.0 Å². The van der Waals surface area contributed by atoms with E-state index >= 15 is 0 Å². The minimum Gasteiger partial charge on any atom is -0.490 e. The van der Waals surface area contributed by atoms with Crippen molar-refractivity contribution in [1.82, 2.24) is 9.47 Å². The van der Waals surface area contributed by atoms with E-state index in [0.29, 0.717) is 6.61 Å². The molecule has 6 nitrogen and oxygen atoms in total. The van der Waals surface area contributed by atoms with Crippen molar-refractivity contribution in [3.63, 3.8) is 0 Å². The molecule has 0 unspecified atom stereocenters. The number of nitrogens with zero attached hydrogens (tertiary/aromatic N) is 3. The summed E-state index contributed by atoms with van der Waals surface area (Å²) in [6.45, 7) is 16.7.